The Morgan fingerprint density at radius 3 is 2.65 bits per heavy atom. The quantitative estimate of drug-likeness (QED) is 0.658. The highest BCUT2D eigenvalue weighted by molar-refractivity contribution is 5.79. The minimum absolute atomic E-state index is 0.0876. The van der Waals surface area contributed by atoms with Crippen LogP contribution in [-0.2, 0) is 19.0 Å². The molecule has 1 aliphatic rings. The van der Waals surface area contributed by atoms with E-state index in [1.807, 2.05) is 29.9 Å². The number of nitrogens with one attached hydrogen (secondary N) is 2. The fourth-order valence-corrected chi connectivity index (χ4v) is 2.91. The molecule has 0 saturated heterocycles. The molecular weight excluding hydrogens is 291 g/mol. The summed E-state index contributed by atoms with van der Waals surface area (Å²) in [5, 5.41) is 6.64. The predicted molar refractivity (Wildman–Crippen MR) is 90.9 cm³/mol. The van der Waals surface area contributed by atoms with E-state index in [9.17, 15) is 4.39 Å². The Kier molecular flexibility index (Phi) is 4.37. The number of hydrogen-bond acceptors (Lipinski definition) is 1. The van der Waals surface area contributed by atoms with Crippen molar-refractivity contribution in [2.24, 2.45) is 12.0 Å². The van der Waals surface area contributed by atoms with Gasteiger partial charge >= 0.3 is 0 Å². The molecule has 1 fully saturated rings. The molecule has 1 saturated carbocycles. The van der Waals surface area contributed by atoms with Gasteiger partial charge in [-0.15, -0.1) is 0 Å². The molecule has 0 bridgehead atoms. The van der Waals surface area contributed by atoms with Crippen LogP contribution in [0, 0.1) is 5.82 Å². The van der Waals surface area contributed by atoms with Crippen LogP contribution in [0.1, 0.15) is 24.0 Å². The van der Waals surface area contributed by atoms with E-state index in [1.54, 1.807) is 13.1 Å². The van der Waals surface area contributed by atoms with Crippen molar-refractivity contribution in [1.29, 1.82) is 0 Å². The van der Waals surface area contributed by atoms with Crippen LogP contribution in [-0.4, -0.2) is 24.1 Å². The van der Waals surface area contributed by atoms with Crippen molar-refractivity contribution in [3.63, 3.8) is 0 Å². The second-order valence-corrected chi connectivity index (χ2v) is 6.22. The predicted octanol–water partition coefficient (Wildman–Crippen LogP) is 2.56. The highest BCUT2D eigenvalue weighted by atomic mass is 19.1. The molecule has 4 nitrogen and oxygen atoms in total. The van der Waals surface area contributed by atoms with Crippen LogP contribution in [0.15, 0.2) is 47.7 Å². The Labute approximate surface area is 136 Å². The Bertz CT molecular complexity index is 701. The van der Waals surface area contributed by atoms with Crippen LogP contribution >= 0.6 is 0 Å². The smallest absolute Gasteiger partial charge is 0.191 e. The van der Waals surface area contributed by atoms with Gasteiger partial charge in [0, 0.05) is 45.0 Å². The molecular formula is C18H23FN4. The topological polar surface area (TPSA) is 41.4 Å². The average molecular weight is 314 g/mol. The molecule has 1 heterocycles. The van der Waals surface area contributed by atoms with Crippen molar-refractivity contribution in [3.8, 4) is 0 Å². The summed E-state index contributed by atoms with van der Waals surface area (Å²) in [7, 11) is 3.75. The van der Waals surface area contributed by atoms with Crippen molar-refractivity contribution in [2.75, 3.05) is 13.6 Å². The van der Waals surface area contributed by atoms with Crippen molar-refractivity contribution in [3.05, 3.63) is 59.7 Å². The molecule has 0 radical (unpaired) electrons. The first-order valence-electron chi connectivity index (χ1n) is 7.93. The van der Waals surface area contributed by atoms with Gasteiger partial charge in [-0.25, -0.2) is 4.39 Å². The molecule has 23 heavy (non-hydrogen) atoms. The van der Waals surface area contributed by atoms with Gasteiger partial charge < -0.3 is 15.2 Å². The van der Waals surface area contributed by atoms with E-state index >= 15 is 0 Å². The minimum Gasteiger partial charge on any atom is -0.357 e. The van der Waals surface area contributed by atoms with E-state index in [2.05, 4.69) is 27.9 Å². The van der Waals surface area contributed by atoms with Crippen molar-refractivity contribution >= 4 is 5.96 Å². The standard InChI is InChI=1S/C18H23FN4/c1-20-17(21-11-14-7-10-23(2)12-14)22-13-18(8-9-18)15-5-3-4-6-16(15)19/h3-7,10,12H,8-9,11,13H2,1-2H3,(H2,20,21,22). The van der Waals surface area contributed by atoms with Crippen molar-refractivity contribution in [2.45, 2.75) is 24.8 Å². The average Bonchev–Trinajstić information content (AvgIpc) is 3.22. The first-order valence-corrected chi connectivity index (χ1v) is 7.93. The van der Waals surface area contributed by atoms with Crippen LogP contribution in [0.4, 0.5) is 4.39 Å². The first-order chi connectivity index (χ1) is 11.1. The number of rotatable bonds is 5. The molecule has 1 aliphatic carbocycles. The Balaban J connectivity index is 1.57. The van der Waals surface area contributed by atoms with Gasteiger partial charge in [0.15, 0.2) is 5.96 Å². The van der Waals surface area contributed by atoms with Crippen molar-refractivity contribution < 1.29 is 4.39 Å². The van der Waals surface area contributed by atoms with Crippen LogP contribution in [0.25, 0.3) is 0 Å². The van der Waals surface area contributed by atoms with E-state index in [0.717, 1.165) is 24.4 Å². The summed E-state index contributed by atoms with van der Waals surface area (Å²) in [6.45, 7) is 1.41. The van der Waals surface area contributed by atoms with E-state index in [4.69, 9.17) is 0 Å². The molecule has 0 amide bonds. The number of hydrogen-bond donors (Lipinski definition) is 2. The maximum absolute atomic E-state index is 14.0. The molecule has 2 aromatic rings. The van der Waals surface area contributed by atoms with Crippen LogP contribution < -0.4 is 10.6 Å². The number of aliphatic imine (C=N–C) groups is 1. The molecule has 0 atom stereocenters. The lowest BCUT2D eigenvalue weighted by Gasteiger charge is -2.19. The zero-order valence-corrected chi connectivity index (χ0v) is 13.6. The maximum Gasteiger partial charge on any atom is 0.191 e. The molecule has 0 aliphatic heterocycles. The monoisotopic (exact) mass is 314 g/mol. The van der Waals surface area contributed by atoms with Crippen LogP contribution in [0.2, 0.25) is 0 Å². The molecule has 0 spiro atoms. The number of nitrogens with zero attached hydrogens (tertiary/aromatic N) is 2. The Morgan fingerprint density at radius 1 is 1.26 bits per heavy atom. The third-order valence-electron chi connectivity index (χ3n) is 4.47. The summed E-state index contributed by atoms with van der Waals surface area (Å²) in [4.78, 5) is 4.25. The lowest BCUT2D eigenvalue weighted by atomic mass is 9.95. The van der Waals surface area contributed by atoms with Gasteiger partial charge in [-0.3, -0.25) is 4.99 Å². The molecule has 0 unspecified atom stereocenters. The molecule has 1 aromatic carbocycles. The van der Waals surface area contributed by atoms with E-state index in [-0.39, 0.29) is 11.2 Å². The lowest BCUT2D eigenvalue weighted by Crippen LogP contribution is -2.41. The number of aryl methyl sites for hydroxylation is 1. The summed E-state index contributed by atoms with van der Waals surface area (Å²) in [5.74, 6) is 0.635. The largest absolute Gasteiger partial charge is 0.357 e. The summed E-state index contributed by atoms with van der Waals surface area (Å²) in [5.41, 5.74) is 1.92. The zero-order valence-electron chi connectivity index (χ0n) is 13.6. The summed E-state index contributed by atoms with van der Waals surface area (Å²) in [6, 6.07) is 9.15. The first kappa shape index (κ1) is 15.6. The van der Waals surface area contributed by atoms with Gasteiger partial charge in [0.05, 0.1) is 0 Å². The Morgan fingerprint density at radius 2 is 2.04 bits per heavy atom. The number of guanidine groups is 1. The van der Waals surface area contributed by atoms with Crippen LogP contribution in [0.3, 0.4) is 0 Å². The Hall–Kier alpha value is -2.30. The van der Waals surface area contributed by atoms with Gasteiger partial charge in [0.1, 0.15) is 5.82 Å². The van der Waals surface area contributed by atoms with Gasteiger partial charge in [0.25, 0.3) is 0 Å². The fraction of sp³-hybridized carbons (Fsp3) is 0.389. The number of aromatic nitrogens is 1. The SMILES string of the molecule is CN=C(NCc1ccn(C)c1)NCC1(c2ccccc2F)CC1. The highest BCUT2D eigenvalue weighted by Gasteiger charge is 2.45. The molecule has 3 rings (SSSR count). The summed E-state index contributed by atoms with van der Waals surface area (Å²) < 4.78 is 16.0. The van der Waals surface area contributed by atoms with E-state index in [1.165, 1.54) is 11.6 Å². The third-order valence-corrected chi connectivity index (χ3v) is 4.47. The number of halogens is 1. The van der Waals surface area contributed by atoms with Crippen LogP contribution in [0.5, 0.6) is 0 Å². The van der Waals surface area contributed by atoms with Gasteiger partial charge in [-0.05, 0) is 36.1 Å². The molecule has 2 N–H and O–H groups in total. The second kappa shape index (κ2) is 6.44. The zero-order chi connectivity index (χ0) is 16.3. The van der Waals surface area contributed by atoms with E-state index < -0.39 is 0 Å². The van der Waals surface area contributed by atoms with Gasteiger partial charge in [0.2, 0.25) is 0 Å². The van der Waals surface area contributed by atoms with Gasteiger partial charge in [-0.2, -0.15) is 0 Å². The molecule has 122 valence electrons. The normalized spacial score (nSPS) is 16.2. The van der Waals surface area contributed by atoms with Gasteiger partial charge in [-0.1, -0.05) is 18.2 Å². The number of benzene rings is 1. The molecule has 5 heteroatoms. The third kappa shape index (κ3) is 3.55. The minimum atomic E-state index is -0.112. The highest BCUT2D eigenvalue weighted by Crippen LogP contribution is 2.48. The maximum atomic E-state index is 14.0. The summed E-state index contributed by atoms with van der Waals surface area (Å²) >= 11 is 0. The second-order valence-electron chi connectivity index (χ2n) is 6.22. The fourth-order valence-electron chi connectivity index (χ4n) is 2.91. The van der Waals surface area contributed by atoms with E-state index in [0.29, 0.717) is 13.1 Å². The van der Waals surface area contributed by atoms with Crippen molar-refractivity contribution in [1.82, 2.24) is 15.2 Å². The lowest BCUT2D eigenvalue weighted by molar-refractivity contribution is 0.559. The molecule has 1 aromatic heterocycles. The summed E-state index contributed by atoms with van der Waals surface area (Å²) in [6.07, 6.45) is 6.11.